The number of aldehydes is 1. The molecule has 0 aliphatic carbocycles. The van der Waals surface area contributed by atoms with Crippen LogP contribution in [-0.2, 0) is 4.79 Å². The topological polar surface area (TPSA) is 29.1 Å². The average molecular weight is 354 g/mol. The van der Waals surface area contributed by atoms with Crippen molar-refractivity contribution >= 4 is 12.0 Å². The summed E-state index contributed by atoms with van der Waals surface area (Å²) in [5.41, 5.74) is 1.19. The van der Waals surface area contributed by atoms with Gasteiger partial charge in [-0.2, -0.15) is 0 Å². The van der Waals surface area contributed by atoms with Gasteiger partial charge in [0.15, 0.2) is 0 Å². The molecule has 0 spiro atoms. The SMILES string of the molecule is CC.CC(C)Nc1ccccc1.CC=O.CCC.CCC(CC)CC. The van der Waals surface area contributed by atoms with E-state index in [1.807, 2.05) is 32.0 Å². The molecule has 0 amide bonds. The average Bonchev–Trinajstić information content (AvgIpc) is 2.61. The van der Waals surface area contributed by atoms with Crippen LogP contribution in [0.2, 0.25) is 0 Å². The number of carbonyl (C=O) groups is 1. The summed E-state index contributed by atoms with van der Waals surface area (Å²) in [6.07, 6.45) is 6.06. The fourth-order valence-corrected chi connectivity index (χ4v) is 1.73. The van der Waals surface area contributed by atoms with Crippen LogP contribution >= 0.6 is 0 Å². The highest BCUT2D eigenvalue weighted by molar-refractivity contribution is 5.44. The van der Waals surface area contributed by atoms with E-state index < -0.39 is 0 Å². The van der Waals surface area contributed by atoms with Crippen LogP contribution in [0.1, 0.15) is 94.9 Å². The molecule has 2 heteroatoms. The molecule has 0 bridgehead atoms. The van der Waals surface area contributed by atoms with E-state index in [2.05, 4.69) is 65.9 Å². The number of benzene rings is 1. The highest BCUT2D eigenvalue weighted by atomic mass is 16.1. The first kappa shape index (κ1) is 31.5. The molecule has 0 radical (unpaired) electrons. The first-order valence-corrected chi connectivity index (χ1v) is 10.2. The maximum atomic E-state index is 8.81. The van der Waals surface area contributed by atoms with E-state index in [0.717, 1.165) is 12.2 Å². The fraction of sp³-hybridized carbons (Fsp3) is 0.696. The maximum Gasteiger partial charge on any atom is 0.116 e. The van der Waals surface area contributed by atoms with Crippen molar-refractivity contribution in [2.24, 2.45) is 5.92 Å². The number of hydrogen-bond acceptors (Lipinski definition) is 2. The van der Waals surface area contributed by atoms with Gasteiger partial charge in [0.05, 0.1) is 0 Å². The zero-order chi connectivity index (χ0) is 20.5. The zero-order valence-electron chi connectivity index (χ0n) is 18.9. The fourth-order valence-electron chi connectivity index (χ4n) is 1.73. The van der Waals surface area contributed by atoms with Crippen molar-refractivity contribution in [3.8, 4) is 0 Å². The summed E-state index contributed by atoms with van der Waals surface area (Å²) in [7, 11) is 0. The number of anilines is 1. The summed E-state index contributed by atoms with van der Waals surface area (Å²) in [5, 5.41) is 3.30. The Morgan fingerprint density at radius 2 is 1.20 bits per heavy atom. The number of hydrogen-bond donors (Lipinski definition) is 1. The monoisotopic (exact) mass is 353 g/mol. The molecular weight excluding hydrogens is 306 g/mol. The molecule has 150 valence electrons. The van der Waals surface area contributed by atoms with Crippen LogP contribution in [0, 0.1) is 5.92 Å². The van der Waals surface area contributed by atoms with Crippen molar-refractivity contribution in [1.29, 1.82) is 0 Å². The number of carbonyl (C=O) groups excluding carboxylic acids is 1. The van der Waals surface area contributed by atoms with Gasteiger partial charge >= 0.3 is 0 Å². The Morgan fingerprint density at radius 3 is 1.40 bits per heavy atom. The molecule has 0 aliphatic heterocycles. The van der Waals surface area contributed by atoms with Gasteiger partial charge in [-0.1, -0.05) is 92.3 Å². The molecule has 0 aromatic heterocycles. The summed E-state index contributed by atoms with van der Waals surface area (Å²) in [5.74, 6) is 0.986. The minimum atomic E-state index is 0.516. The molecule has 1 aromatic rings. The molecule has 0 heterocycles. The number of para-hydroxylation sites is 1. The van der Waals surface area contributed by atoms with Gasteiger partial charge in [-0.05, 0) is 38.8 Å². The van der Waals surface area contributed by atoms with Crippen molar-refractivity contribution < 1.29 is 4.79 Å². The van der Waals surface area contributed by atoms with Gasteiger partial charge in [-0.3, -0.25) is 0 Å². The lowest BCUT2D eigenvalue weighted by Crippen LogP contribution is -2.08. The largest absolute Gasteiger partial charge is 0.383 e. The normalized spacial score (nSPS) is 8.32. The molecule has 25 heavy (non-hydrogen) atoms. The molecule has 1 N–H and O–H groups in total. The van der Waals surface area contributed by atoms with Gasteiger partial charge in [-0.25, -0.2) is 0 Å². The molecule has 1 aromatic carbocycles. The second-order valence-electron chi connectivity index (χ2n) is 5.70. The molecule has 1 rings (SSSR count). The molecular formula is C23H47NO. The standard InChI is InChI=1S/C9H13N.C7H16.C3H8.C2H4O.C2H6/c1-8(2)10-9-6-4-3-5-7-9;1-4-7(5-2)6-3;1-3-2;1-2-3;1-2/h3-8,10H,1-2H3;7H,4-6H2,1-3H3;3H2,1-2H3;2H,1H3;1-2H3. The Hall–Kier alpha value is -1.31. The van der Waals surface area contributed by atoms with E-state index in [9.17, 15) is 0 Å². The van der Waals surface area contributed by atoms with E-state index in [0.29, 0.717) is 6.04 Å². The second-order valence-corrected chi connectivity index (χ2v) is 5.70. The van der Waals surface area contributed by atoms with Crippen LogP contribution in [0.15, 0.2) is 30.3 Å². The van der Waals surface area contributed by atoms with E-state index in [4.69, 9.17) is 4.79 Å². The lowest BCUT2D eigenvalue weighted by molar-refractivity contribution is -0.106. The predicted molar refractivity (Wildman–Crippen MR) is 119 cm³/mol. The van der Waals surface area contributed by atoms with Gasteiger partial charge in [0, 0.05) is 11.7 Å². The summed E-state index contributed by atoms with van der Waals surface area (Å²) < 4.78 is 0. The first-order chi connectivity index (χ1) is 12.0. The van der Waals surface area contributed by atoms with Gasteiger partial charge in [-0.15, -0.1) is 0 Å². The van der Waals surface area contributed by atoms with Crippen molar-refractivity contribution in [2.45, 2.75) is 101 Å². The summed E-state index contributed by atoms with van der Waals surface area (Å²) >= 11 is 0. The minimum Gasteiger partial charge on any atom is -0.383 e. The van der Waals surface area contributed by atoms with Crippen molar-refractivity contribution in [3.05, 3.63) is 30.3 Å². The first-order valence-electron chi connectivity index (χ1n) is 10.2. The molecule has 0 atom stereocenters. The van der Waals surface area contributed by atoms with Gasteiger partial charge in [0.2, 0.25) is 0 Å². The van der Waals surface area contributed by atoms with Gasteiger partial charge in [0.25, 0.3) is 0 Å². The van der Waals surface area contributed by atoms with Crippen LogP contribution < -0.4 is 5.32 Å². The highest BCUT2D eigenvalue weighted by Crippen LogP contribution is 2.10. The maximum absolute atomic E-state index is 8.81. The van der Waals surface area contributed by atoms with E-state index in [-0.39, 0.29) is 0 Å². The van der Waals surface area contributed by atoms with E-state index in [1.54, 1.807) is 0 Å². The zero-order valence-corrected chi connectivity index (χ0v) is 18.9. The second kappa shape index (κ2) is 30.6. The number of rotatable bonds is 5. The highest BCUT2D eigenvalue weighted by Gasteiger charge is 1.95. The molecule has 0 unspecified atom stereocenters. The Kier molecular flexibility index (Phi) is 38.5. The summed E-state index contributed by atoms with van der Waals surface area (Å²) in [4.78, 5) is 8.81. The van der Waals surface area contributed by atoms with E-state index in [1.165, 1.54) is 38.3 Å². The van der Waals surface area contributed by atoms with Crippen LogP contribution in [0.3, 0.4) is 0 Å². The molecule has 2 nitrogen and oxygen atoms in total. The Balaban J connectivity index is -0.000000129. The van der Waals surface area contributed by atoms with Gasteiger partial charge in [0.1, 0.15) is 6.29 Å². The predicted octanol–water partition coefficient (Wildman–Crippen LogP) is 7.99. The molecule has 0 saturated heterocycles. The van der Waals surface area contributed by atoms with E-state index >= 15 is 0 Å². The molecule has 0 fully saturated rings. The van der Waals surface area contributed by atoms with Gasteiger partial charge < -0.3 is 10.1 Å². The third kappa shape index (κ3) is 34.9. The van der Waals surface area contributed by atoms with Crippen LogP contribution in [-0.4, -0.2) is 12.3 Å². The molecule has 0 aliphatic rings. The quantitative estimate of drug-likeness (QED) is 0.543. The Bertz CT molecular complexity index is 300. The lowest BCUT2D eigenvalue weighted by Gasteiger charge is -2.08. The smallest absolute Gasteiger partial charge is 0.116 e. The van der Waals surface area contributed by atoms with Crippen LogP contribution in [0.25, 0.3) is 0 Å². The summed E-state index contributed by atoms with van der Waals surface area (Å²) in [6.45, 7) is 20.7. The Labute approximate surface area is 159 Å². The van der Waals surface area contributed by atoms with Crippen LogP contribution in [0.5, 0.6) is 0 Å². The molecule has 0 saturated carbocycles. The van der Waals surface area contributed by atoms with Crippen LogP contribution in [0.4, 0.5) is 5.69 Å². The minimum absolute atomic E-state index is 0.516. The van der Waals surface area contributed by atoms with Crippen molar-refractivity contribution in [2.75, 3.05) is 5.32 Å². The lowest BCUT2D eigenvalue weighted by atomic mass is 10.0. The van der Waals surface area contributed by atoms with Crippen molar-refractivity contribution in [1.82, 2.24) is 0 Å². The Morgan fingerprint density at radius 1 is 0.880 bits per heavy atom. The summed E-state index contributed by atoms with van der Waals surface area (Å²) in [6, 6.07) is 10.7. The number of nitrogens with one attached hydrogen (secondary N) is 1. The van der Waals surface area contributed by atoms with Crippen molar-refractivity contribution in [3.63, 3.8) is 0 Å². The third-order valence-corrected chi connectivity index (χ3v) is 2.96. The third-order valence-electron chi connectivity index (χ3n) is 2.96.